The molecule has 1 heterocycles. The molecule has 1 aromatic heterocycles. The predicted molar refractivity (Wildman–Crippen MR) is 92.6 cm³/mol. The normalized spacial score (nSPS) is 11.4. The SMILES string of the molecule is O=S(=O)(Nc1ccc(-c2csnn2)cc1)c1cc(Cl)ccc1Cl. The Balaban J connectivity index is 1.87. The first-order valence-electron chi connectivity index (χ1n) is 6.31. The first-order valence-corrected chi connectivity index (χ1v) is 9.39. The molecule has 0 radical (unpaired) electrons. The van der Waals surface area contributed by atoms with E-state index in [2.05, 4.69) is 14.3 Å². The third kappa shape index (κ3) is 3.64. The number of nitrogens with one attached hydrogen (secondary N) is 1. The van der Waals surface area contributed by atoms with Crippen molar-refractivity contribution in [2.24, 2.45) is 0 Å². The molecule has 0 atom stereocenters. The molecular weight excluding hydrogens is 377 g/mol. The summed E-state index contributed by atoms with van der Waals surface area (Å²) in [5.41, 5.74) is 2.00. The van der Waals surface area contributed by atoms with Gasteiger partial charge in [0.1, 0.15) is 10.6 Å². The first kappa shape index (κ1) is 16.2. The predicted octanol–water partition coefficient (Wildman–Crippen LogP) is 4.31. The molecule has 3 aromatic rings. The van der Waals surface area contributed by atoms with Crippen molar-refractivity contribution in [1.29, 1.82) is 0 Å². The molecule has 3 rings (SSSR count). The number of hydrogen-bond donors (Lipinski definition) is 1. The maximum atomic E-state index is 12.4. The van der Waals surface area contributed by atoms with Crippen LogP contribution in [0.1, 0.15) is 0 Å². The molecule has 0 amide bonds. The van der Waals surface area contributed by atoms with E-state index in [0.717, 1.165) is 11.3 Å². The zero-order chi connectivity index (χ0) is 16.4. The summed E-state index contributed by atoms with van der Waals surface area (Å²) in [5.74, 6) is 0. The molecule has 0 unspecified atom stereocenters. The third-order valence-corrected chi connectivity index (χ3v) is 5.58. The number of anilines is 1. The monoisotopic (exact) mass is 385 g/mol. The summed E-state index contributed by atoms with van der Waals surface area (Å²) >= 11 is 13.0. The van der Waals surface area contributed by atoms with Crippen LogP contribution in [0.25, 0.3) is 11.3 Å². The second-order valence-corrected chi connectivity index (χ2v) is 7.65. The van der Waals surface area contributed by atoms with Crippen molar-refractivity contribution >= 4 is 50.4 Å². The highest BCUT2D eigenvalue weighted by molar-refractivity contribution is 7.92. The number of benzene rings is 2. The van der Waals surface area contributed by atoms with E-state index in [4.69, 9.17) is 23.2 Å². The summed E-state index contributed by atoms with van der Waals surface area (Å²) in [6.45, 7) is 0. The minimum atomic E-state index is -3.83. The third-order valence-electron chi connectivity index (χ3n) is 2.98. The van der Waals surface area contributed by atoms with Crippen LogP contribution in [0, 0.1) is 0 Å². The number of rotatable bonds is 4. The van der Waals surface area contributed by atoms with Crippen molar-refractivity contribution in [2.45, 2.75) is 4.90 Å². The minimum absolute atomic E-state index is 0.0700. The Morgan fingerprint density at radius 1 is 1.04 bits per heavy atom. The smallest absolute Gasteiger partial charge is 0.263 e. The highest BCUT2D eigenvalue weighted by Crippen LogP contribution is 2.27. The van der Waals surface area contributed by atoms with Gasteiger partial charge in [0.25, 0.3) is 10.0 Å². The highest BCUT2D eigenvalue weighted by atomic mass is 35.5. The van der Waals surface area contributed by atoms with Crippen molar-refractivity contribution in [2.75, 3.05) is 4.72 Å². The maximum Gasteiger partial charge on any atom is 0.263 e. The van der Waals surface area contributed by atoms with E-state index in [1.54, 1.807) is 24.3 Å². The standard InChI is InChI=1S/C14H9Cl2N3O2S2/c15-10-3-6-12(16)14(7-10)23(20,21)18-11-4-1-9(2-5-11)13-8-22-19-17-13/h1-8,18H. The van der Waals surface area contributed by atoms with E-state index in [0.29, 0.717) is 10.7 Å². The fraction of sp³-hybridized carbons (Fsp3) is 0. The summed E-state index contributed by atoms with van der Waals surface area (Å²) in [4.78, 5) is -0.0700. The molecule has 0 saturated carbocycles. The number of nitrogens with zero attached hydrogens (tertiary/aromatic N) is 2. The Morgan fingerprint density at radius 3 is 2.43 bits per heavy atom. The van der Waals surface area contributed by atoms with Gasteiger partial charge in [-0.05, 0) is 41.9 Å². The van der Waals surface area contributed by atoms with Crippen LogP contribution in [0.4, 0.5) is 5.69 Å². The first-order chi connectivity index (χ1) is 11.0. The van der Waals surface area contributed by atoms with E-state index in [1.165, 1.54) is 29.7 Å². The van der Waals surface area contributed by atoms with Gasteiger partial charge in [0.2, 0.25) is 0 Å². The lowest BCUT2D eigenvalue weighted by Gasteiger charge is -2.10. The second-order valence-electron chi connectivity index (χ2n) is 4.55. The number of hydrogen-bond acceptors (Lipinski definition) is 5. The van der Waals surface area contributed by atoms with E-state index < -0.39 is 10.0 Å². The molecular formula is C14H9Cl2N3O2S2. The van der Waals surface area contributed by atoms with Crippen molar-refractivity contribution in [1.82, 2.24) is 9.59 Å². The van der Waals surface area contributed by atoms with Gasteiger partial charge < -0.3 is 0 Å². The highest BCUT2D eigenvalue weighted by Gasteiger charge is 2.18. The molecule has 23 heavy (non-hydrogen) atoms. The van der Waals surface area contributed by atoms with Gasteiger partial charge in [-0.3, -0.25) is 4.72 Å². The van der Waals surface area contributed by atoms with Gasteiger partial charge in [-0.2, -0.15) is 0 Å². The van der Waals surface area contributed by atoms with Gasteiger partial charge in [0.15, 0.2) is 0 Å². The van der Waals surface area contributed by atoms with Gasteiger partial charge in [0.05, 0.1) is 5.02 Å². The van der Waals surface area contributed by atoms with Crippen LogP contribution >= 0.6 is 34.7 Å². The molecule has 0 saturated heterocycles. The topological polar surface area (TPSA) is 72.0 Å². The Labute approximate surface area is 147 Å². The molecule has 9 heteroatoms. The van der Waals surface area contributed by atoms with Gasteiger partial charge in [-0.25, -0.2) is 8.42 Å². The lowest BCUT2D eigenvalue weighted by Crippen LogP contribution is -2.13. The van der Waals surface area contributed by atoms with Crippen LogP contribution in [0.5, 0.6) is 0 Å². The van der Waals surface area contributed by atoms with Crippen molar-refractivity contribution in [3.8, 4) is 11.3 Å². The van der Waals surface area contributed by atoms with Gasteiger partial charge >= 0.3 is 0 Å². The molecule has 0 aliphatic carbocycles. The van der Waals surface area contributed by atoms with Crippen LogP contribution in [0.3, 0.4) is 0 Å². The second kappa shape index (κ2) is 6.45. The lowest BCUT2D eigenvalue weighted by atomic mass is 10.2. The fourth-order valence-electron chi connectivity index (χ4n) is 1.89. The van der Waals surface area contributed by atoms with E-state index in [9.17, 15) is 8.42 Å². The molecule has 0 spiro atoms. The lowest BCUT2D eigenvalue weighted by molar-refractivity contribution is 0.601. The Bertz CT molecular complexity index is 927. The van der Waals surface area contributed by atoms with Gasteiger partial charge in [0, 0.05) is 21.7 Å². The van der Waals surface area contributed by atoms with E-state index in [-0.39, 0.29) is 9.92 Å². The Hall–Kier alpha value is -1.67. The molecule has 0 aliphatic heterocycles. The number of sulfonamides is 1. The van der Waals surface area contributed by atoms with Crippen LogP contribution in [-0.4, -0.2) is 18.0 Å². The molecule has 5 nitrogen and oxygen atoms in total. The summed E-state index contributed by atoms with van der Waals surface area (Å²) in [6, 6.07) is 11.1. The van der Waals surface area contributed by atoms with E-state index >= 15 is 0 Å². The minimum Gasteiger partial charge on any atom is -0.280 e. The average Bonchev–Trinajstić information content (AvgIpc) is 3.04. The number of aromatic nitrogens is 2. The summed E-state index contributed by atoms with van der Waals surface area (Å²) in [6.07, 6.45) is 0. The van der Waals surface area contributed by atoms with Crippen LogP contribution < -0.4 is 4.72 Å². The van der Waals surface area contributed by atoms with Crippen LogP contribution in [0.15, 0.2) is 52.7 Å². The van der Waals surface area contributed by atoms with Crippen molar-refractivity contribution < 1.29 is 8.42 Å². The Kier molecular flexibility index (Phi) is 4.54. The maximum absolute atomic E-state index is 12.4. The molecule has 118 valence electrons. The molecule has 2 aromatic carbocycles. The molecule has 1 N–H and O–H groups in total. The fourth-order valence-corrected chi connectivity index (χ4v) is 4.18. The van der Waals surface area contributed by atoms with Crippen LogP contribution in [0.2, 0.25) is 10.0 Å². The summed E-state index contributed by atoms with van der Waals surface area (Å²) < 4.78 is 31.1. The van der Waals surface area contributed by atoms with Crippen molar-refractivity contribution in [3.63, 3.8) is 0 Å². The largest absolute Gasteiger partial charge is 0.280 e. The summed E-state index contributed by atoms with van der Waals surface area (Å²) in [7, 11) is -3.83. The average molecular weight is 386 g/mol. The van der Waals surface area contributed by atoms with Gasteiger partial charge in [-0.15, -0.1) is 5.10 Å². The Morgan fingerprint density at radius 2 is 1.78 bits per heavy atom. The molecule has 0 aliphatic rings. The number of halogens is 2. The van der Waals surface area contributed by atoms with Crippen LogP contribution in [-0.2, 0) is 10.0 Å². The van der Waals surface area contributed by atoms with Crippen molar-refractivity contribution in [3.05, 3.63) is 57.9 Å². The quantitative estimate of drug-likeness (QED) is 0.725. The van der Waals surface area contributed by atoms with E-state index in [1.807, 2.05) is 5.38 Å². The molecule has 0 fully saturated rings. The zero-order valence-corrected chi connectivity index (χ0v) is 14.5. The van der Waals surface area contributed by atoms with Gasteiger partial charge in [-0.1, -0.05) is 39.8 Å². The molecule has 0 bridgehead atoms. The summed E-state index contributed by atoms with van der Waals surface area (Å²) in [5, 5.41) is 6.16. The zero-order valence-electron chi connectivity index (χ0n) is 11.4.